The molecule has 0 atom stereocenters. The molecule has 53 valence electrons. The van der Waals surface area contributed by atoms with Crippen LogP contribution in [0.15, 0.2) is 22.7 Å². The standard InChI is InChI=1S/C7H3ClNO.Sn/c8-5-1-3-9-6-2-4-10-7(5)6;/h1-3H;. The molecule has 2 nitrogen and oxygen atoms in total. The van der Waals surface area contributed by atoms with Gasteiger partial charge < -0.3 is 0 Å². The summed E-state index contributed by atoms with van der Waals surface area (Å²) in [5.74, 6) is 0. The summed E-state index contributed by atoms with van der Waals surface area (Å²) in [7, 11) is 0. The van der Waals surface area contributed by atoms with Gasteiger partial charge in [0.15, 0.2) is 0 Å². The molecular weight excluding hydrogens is 268 g/mol. The summed E-state index contributed by atoms with van der Waals surface area (Å²) in [5, 5.41) is 0.628. The predicted octanol–water partition coefficient (Wildman–Crippen LogP) is 1.27. The van der Waals surface area contributed by atoms with E-state index in [1.807, 2.05) is 6.07 Å². The fourth-order valence-corrected chi connectivity index (χ4v) is 1.78. The third-order valence-electron chi connectivity index (χ3n) is 1.36. The van der Waals surface area contributed by atoms with Crippen LogP contribution in [0, 0.1) is 0 Å². The Labute approximate surface area is 81.6 Å². The van der Waals surface area contributed by atoms with Gasteiger partial charge in [-0.1, -0.05) is 0 Å². The van der Waals surface area contributed by atoms with Crippen molar-refractivity contribution in [1.29, 1.82) is 0 Å². The van der Waals surface area contributed by atoms with Crippen LogP contribution in [0.25, 0.3) is 11.1 Å². The van der Waals surface area contributed by atoms with E-state index in [-0.39, 0.29) is 0 Å². The quantitative estimate of drug-likeness (QED) is 0.675. The number of aromatic nitrogens is 1. The number of furan rings is 1. The molecule has 2 heterocycles. The number of halogens is 1. The van der Waals surface area contributed by atoms with E-state index in [4.69, 9.17) is 16.0 Å². The molecule has 11 heavy (non-hydrogen) atoms. The van der Waals surface area contributed by atoms with Gasteiger partial charge in [0.25, 0.3) is 0 Å². The fraction of sp³-hybridized carbons (Fsp3) is 0. The van der Waals surface area contributed by atoms with E-state index in [0.717, 1.165) is 9.29 Å². The number of nitrogens with zero attached hydrogens (tertiary/aromatic N) is 1. The molecule has 0 bridgehead atoms. The van der Waals surface area contributed by atoms with Crippen LogP contribution in [0.2, 0.25) is 5.02 Å². The molecule has 0 aliphatic carbocycles. The first-order chi connectivity index (χ1) is 5.27. The van der Waals surface area contributed by atoms with E-state index < -0.39 is 0 Å². The van der Waals surface area contributed by atoms with Crippen LogP contribution in [-0.4, -0.2) is 27.5 Å². The minimum atomic E-state index is 0.628. The Kier molecular flexibility index (Phi) is 1.81. The molecule has 0 amide bonds. The Bertz CT molecular complexity index is 398. The first-order valence-corrected chi connectivity index (χ1v) is 4.83. The van der Waals surface area contributed by atoms with E-state index in [2.05, 4.69) is 4.98 Å². The molecule has 2 aromatic rings. The van der Waals surface area contributed by atoms with Crippen molar-refractivity contribution in [1.82, 2.24) is 4.98 Å². The molecule has 3 radical (unpaired) electrons. The van der Waals surface area contributed by atoms with Gasteiger partial charge in [-0.2, -0.15) is 0 Å². The third-order valence-corrected chi connectivity index (χ3v) is 2.36. The van der Waals surface area contributed by atoms with Gasteiger partial charge in [0.2, 0.25) is 0 Å². The van der Waals surface area contributed by atoms with Crippen molar-refractivity contribution in [2.24, 2.45) is 0 Å². The van der Waals surface area contributed by atoms with E-state index in [9.17, 15) is 0 Å². The van der Waals surface area contributed by atoms with Gasteiger partial charge in [0.1, 0.15) is 0 Å². The second-order valence-electron chi connectivity index (χ2n) is 2.12. The first kappa shape index (κ1) is 7.43. The van der Waals surface area contributed by atoms with Crippen molar-refractivity contribution in [2.75, 3.05) is 0 Å². The summed E-state index contributed by atoms with van der Waals surface area (Å²) < 4.78 is 6.27. The molecule has 0 aliphatic rings. The topological polar surface area (TPSA) is 26.0 Å². The van der Waals surface area contributed by atoms with Crippen LogP contribution in [0.4, 0.5) is 0 Å². The van der Waals surface area contributed by atoms with Gasteiger partial charge in [-0.05, 0) is 0 Å². The van der Waals surface area contributed by atoms with Crippen LogP contribution < -0.4 is 3.78 Å². The summed E-state index contributed by atoms with van der Waals surface area (Å²) in [6.07, 6.45) is 1.68. The zero-order valence-electron chi connectivity index (χ0n) is 5.47. The van der Waals surface area contributed by atoms with Crippen LogP contribution >= 0.6 is 11.6 Å². The molecule has 0 aliphatic heterocycles. The molecule has 0 unspecified atom stereocenters. The summed E-state index contributed by atoms with van der Waals surface area (Å²) >= 11 is 7.09. The summed E-state index contributed by atoms with van der Waals surface area (Å²) in [5.41, 5.74) is 1.53. The van der Waals surface area contributed by atoms with E-state index in [0.29, 0.717) is 10.6 Å². The Morgan fingerprint density at radius 1 is 1.55 bits per heavy atom. The molecule has 4 heteroatoms. The zero-order chi connectivity index (χ0) is 7.84. The molecule has 0 N–H and O–H groups in total. The van der Waals surface area contributed by atoms with Gasteiger partial charge in [-0.15, -0.1) is 0 Å². The Hall–Kier alpha value is -0.221. The normalized spacial score (nSPS) is 10.7. The number of rotatable bonds is 0. The van der Waals surface area contributed by atoms with Crippen molar-refractivity contribution < 1.29 is 4.42 Å². The third kappa shape index (κ3) is 1.25. The molecule has 0 aromatic carbocycles. The van der Waals surface area contributed by atoms with Crippen LogP contribution in [-0.2, 0) is 0 Å². The van der Waals surface area contributed by atoms with Crippen LogP contribution in [0.1, 0.15) is 0 Å². The first-order valence-electron chi connectivity index (χ1n) is 3.03. The maximum absolute atomic E-state index is 5.85. The average Bonchev–Trinajstić information content (AvgIpc) is 2.31. The van der Waals surface area contributed by atoms with E-state index in [1.165, 1.54) is 22.5 Å². The Morgan fingerprint density at radius 3 is 3.09 bits per heavy atom. The minimum absolute atomic E-state index is 0.628. The number of hydrogen-bond acceptors (Lipinski definition) is 2. The van der Waals surface area contributed by atoms with Crippen molar-refractivity contribution in [3.05, 3.63) is 23.4 Å². The predicted molar refractivity (Wildman–Crippen MR) is 44.4 cm³/mol. The molecular formula is C7H3ClNOSn. The number of pyridine rings is 1. The van der Waals surface area contributed by atoms with Gasteiger partial charge in [0, 0.05) is 0 Å². The second-order valence-corrected chi connectivity index (χ2v) is 3.93. The summed E-state index contributed by atoms with van der Waals surface area (Å²) in [6, 6.07) is 3.63. The van der Waals surface area contributed by atoms with Crippen molar-refractivity contribution in [2.45, 2.75) is 0 Å². The second kappa shape index (κ2) is 2.68. The van der Waals surface area contributed by atoms with Crippen molar-refractivity contribution >= 4 is 49.0 Å². The fourth-order valence-electron chi connectivity index (χ4n) is 0.907. The summed E-state index contributed by atoms with van der Waals surface area (Å²) in [6.45, 7) is 0. The maximum atomic E-state index is 5.85. The zero-order valence-corrected chi connectivity index (χ0v) is 9.08. The van der Waals surface area contributed by atoms with Crippen LogP contribution in [0.3, 0.4) is 0 Å². The van der Waals surface area contributed by atoms with Gasteiger partial charge >= 0.3 is 81.8 Å². The molecule has 0 saturated carbocycles. The van der Waals surface area contributed by atoms with Crippen molar-refractivity contribution in [3.63, 3.8) is 0 Å². The summed E-state index contributed by atoms with van der Waals surface area (Å²) in [4.78, 5) is 4.10. The van der Waals surface area contributed by atoms with E-state index in [1.54, 1.807) is 12.3 Å². The van der Waals surface area contributed by atoms with Crippen LogP contribution in [0.5, 0.6) is 0 Å². The Balaban J connectivity index is 2.90. The molecule has 0 saturated heterocycles. The van der Waals surface area contributed by atoms with E-state index >= 15 is 0 Å². The number of hydrogen-bond donors (Lipinski definition) is 0. The number of fused-ring (bicyclic) bond motifs is 1. The Morgan fingerprint density at radius 2 is 2.36 bits per heavy atom. The molecule has 0 spiro atoms. The average molecular weight is 271 g/mol. The van der Waals surface area contributed by atoms with Gasteiger partial charge in [0.05, 0.1) is 0 Å². The SMILES string of the molecule is Clc1ccnc2c[c]([Sn])oc12. The van der Waals surface area contributed by atoms with Crippen molar-refractivity contribution in [3.8, 4) is 0 Å². The molecule has 2 rings (SSSR count). The van der Waals surface area contributed by atoms with Gasteiger partial charge in [-0.3, -0.25) is 0 Å². The van der Waals surface area contributed by atoms with Gasteiger partial charge in [-0.25, -0.2) is 0 Å². The molecule has 2 aromatic heterocycles. The molecule has 0 fully saturated rings. The monoisotopic (exact) mass is 272 g/mol.